The monoisotopic (exact) mass is 445 g/mol. The van der Waals surface area contributed by atoms with E-state index in [-0.39, 0.29) is 11.4 Å². The fourth-order valence-corrected chi connectivity index (χ4v) is 3.84. The first-order valence-electron chi connectivity index (χ1n) is 10.7. The predicted molar refractivity (Wildman–Crippen MR) is 122 cm³/mol. The maximum Gasteiger partial charge on any atom is 0.329 e. The van der Waals surface area contributed by atoms with Gasteiger partial charge in [0.1, 0.15) is 11.8 Å². The van der Waals surface area contributed by atoms with Gasteiger partial charge < -0.3 is 15.2 Å². The van der Waals surface area contributed by atoms with Crippen molar-refractivity contribution in [1.29, 1.82) is 0 Å². The van der Waals surface area contributed by atoms with Crippen LogP contribution in [0.5, 0.6) is 5.75 Å². The second-order valence-electron chi connectivity index (χ2n) is 7.17. The minimum atomic E-state index is -0.845. The zero-order chi connectivity index (χ0) is 22.3. The number of carbonyl (C=O) groups excluding carboxylic acids is 2. The van der Waals surface area contributed by atoms with Crippen LogP contribution in [0.4, 0.5) is 0 Å². The molecule has 2 rings (SSSR count). The lowest BCUT2D eigenvalue weighted by Crippen LogP contribution is -2.44. The van der Waals surface area contributed by atoms with Gasteiger partial charge in [0, 0.05) is 23.9 Å². The number of hydrogen-bond donors (Lipinski definition) is 2. The first kappa shape index (κ1) is 24.7. The highest BCUT2D eigenvalue weighted by Gasteiger charge is 2.24. The van der Waals surface area contributed by atoms with Gasteiger partial charge in [-0.3, -0.25) is 9.78 Å². The third-order valence-electron chi connectivity index (χ3n) is 4.59. The molecule has 7 nitrogen and oxygen atoms in total. The fourth-order valence-electron chi connectivity index (χ4n) is 2.89. The molecule has 0 aliphatic rings. The number of pyridine rings is 2. The van der Waals surface area contributed by atoms with Crippen LogP contribution in [-0.2, 0) is 15.3 Å². The van der Waals surface area contributed by atoms with E-state index in [9.17, 15) is 14.7 Å². The first-order valence-corrected chi connectivity index (χ1v) is 11.9. The number of unbranched alkanes of at least 4 members (excludes halogenated alkanes) is 5. The molecule has 0 aromatic carbocycles. The van der Waals surface area contributed by atoms with Gasteiger partial charge >= 0.3 is 5.97 Å². The van der Waals surface area contributed by atoms with Crippen LogP contribution in [0.15, 0.2) is 42.7 Å². The summed E-state index contributed by atoms with van der Waals surface area (Å²) < 4.78 is 5.41. The van der Waals surface area contributed by atoms with Crippen LogP contribution in [0.1, 0.15) is 61.6 Å². The maximum absolute atomic E-state index is 12.6. The second kappa shape index (κ2) is 14.4. The van der Waals surface area contributed by atoms with Gasteiger partial charge in [-0.1, -0.05) is 45.1 Å². The lowest BCUT2D eigenvalue weighted by Gasteiger charge is -2.17. The van der Waals surface area contributed by atoms with Gasteiger partial charge in [-0.05, 0) is 30.7 Å². The summed E-state index contributed by atoms with van der Waals surface area (Å²) in [6.07, 6.45) is 9.69. The number of hydrogen-bond acceptors (Lipinski definition) is 7. The topological polar surface area (TPSA) is 101 Å². The standard InChI is InChI=1S/C23H31N3O4S/c1-2-3-4-5-6-9-15-30-23(29)19(17-31-16-18-11-7-8-13-24-18)26-22(28)21-20(27)12-10-14-25-21/h7-8,10-14,19,27H,2-6,9,15-17H2,1H3,(H,26,28). The van der Waals surface area contributed by atoms with E-state index in [1.807, 2.05) is 18.2 Å². The summed E-state index contributed by atoms with van der Waals surface area (Å²) in [5.41, 5.74) is 0.770. The molecular weight excluding hydrogens is 414 g/mol. The van der Waals surface area contributed by atoms with E-state index >= 15 is 0 Å². The van der Waals surface area contributed by atoms with Gasteiger partial charge in [0.15, 0.2) is 5.69 Å². The van der Waals surface area contributed by atoms with Gasteiger partial charge in [0.2, 0.25) is 0 Å². The maximum atomic E-state index is 12.6. The van der Waals surface area contributed by atoms with Crippen molar-refractivity contribution in [2.24, 2.45) is 0 Å². The third-order valence-corrected chi connectivity index (χ3v) is 5.66. The molecule has 1 unspecified atom stereocenters. The minimum absolute atomic E-state index is 0.119. The van der Waals surface area contributed by atoms with Crippen LogP contribution >= 0.6 is 11.8 Å². The highest BCUT2D eigenvalue weighted by molar-refractivity contribution is 7.98. The Bertz CT molecular complexity index is 804. The zero-order valence-corrected chi connectivity index (χ0v) is 18.8. The quantitative estimate of drug-likeness (QED) is 0.333. The smallest absolute Gasteiger partial charge is 0.329 e. The van der Waals surface area contributed by atoms with Crippen molar-refractivity contribution in [3.05, 3.63) is 54.1 Å². The summed E-state index contributed by atoms with van der Waals surface area (Å²) in [7, 11) is 0. The third kappa shape index (κ3) is 9.38. The summed E-state index contributed by atoms with van der Waals surface area (Å²) in [6, 6.07) is 7.72. The zero-order valence-electron chi connectivity index (χ0n) is 18.0. The summed E-state index contributed by atoms with van der Waals surface area (Å²) in [5.74, 6) is -0.401. The van der Waals surface area contributed by atoms with E-state index in [0.717, 1.165) is 25.0 Å². The van der Waals surface area contributed by atoms with E-state index in [1.54, 1.807) is 6.20 Å². The molecule has 2 heterocycles. The molecule has 31 heavy (non-hydrogen) atoms. The van der Waals surface area contributed by atoms with Crippen molar-refractivity contribution in [3.8, 4) is 5.75 Å². The van der Waals surface area contributed by atoms with Crippen LogP contribution in [-0.4, -0.2) is 45.4 Å². The number of carbonyl (C=O) groups is 2. The van der Waals surface area contributed by atoms with Crippen LogP contribution in [0.3, 0.4) is 0 Å². The Hall–Kier alpha value is -2.61. The molecule has 168 valence electrons. The summed E-state index contributed by atoms with van der Waals surface area (Å²) in [6.45, 7) is 2.50. The van der Waals surface area contributed by atoms with Gasteiger partial charge in [-0.25, -0.2) is 9.78 Å². The number of aromatic nitrogens is 2. The van der Waals surface area contributed by atoms with Crippen LogP contribution in [0, 0.1) is 0 Å². The molecule has 0 aliphatic heterocycles. The Morgan fingerprint density at radius 3 is 2.58 bits per heavy atom. The number of amides is 1. The van der Waals surface area contributed by atoms with Crippen molar-refractivity contribution < 1.29 is 19.4 Å². The largest absolute Gasteiger partial charge is 0.505 e. The van der Waals surface area contributed by atoms with Gasteiger partial charge in [0.25, 0.3) is 5.91 Å². The van der Waals surface area contributed by atoms with Crippen molar-refractivity contribution in [3.63, 3.8) is 0 Å². The van der Waals surface area contributed by atoms with Gasteiger partial charge in [0.05, 0.1) is 12.3 Å². The Morgan fingerprint density at radius 2 is 1.84 bits per heavy atom. The van der Waals surface area contributed by atoms with Crippen molar-refractivity contribution in [2.45, 2.75) is 57.2 Å². The predicted octanol–water partition coefficient (Wildman–Crippen LogP) is 4.12. The number of nitrogens with zero attached hydrogens (tertiary/aromatic N) is 2. The number of thioether (sulfide) groups is 1. The highest BCUT2D eigenvalue weighted by atomic mass is 32.2. The molecule has 0 spiro atoms. The Balaban J connectivity index is 1.88. The Labute approximate surface area is 188 Å². The molecule has 1 amide bonds. The molecule has 0 saturated heterocycles. The van der Waals surface area contributed by atoms with E-state index in [1.165, 1.54) is 49.4 Å². The van der Waals surface area contributed by atoms with Crippen molar-refractivity contribution in [2.75, 3.05) is 12.4 Å². The van der Waals surface area contributed by atoms with Crippen LogP contribution in [0.2, 0.25) is 0 Å². The van der Waals surface area contributed by atoms with E-state index in [4.69, 9.17) is 4.74 Å². The van der Waals surface area contributed by atoms with Crippen LogP contribution in [0.25, 0.3) is 0 Å². The number of ether oxygens (including phenoxy) is 1. The molecule has 2 N–H and O–H groups in total. The highest BCUT2D eigenvalue weighted by Crippen LogP contribution is 2.15. The lowest BCUT2D eigenvalue weighted by molar-refractivity contribution is -0.145. The molecule has 0 radical (unpaired) electrons. The lowest BCUT2D eigenvalue weighted by atomic mass is 10.1. The minimum Gasteiger partial charge on any atom is -0.505 e. The molecule has 0 aliphatic carbocycles. The Kier molecular flexibility index (Phi) is 11.5. The van der Waals surface area contributed by atoms with E-state index in [0.29, 0.717) is 18.1 Å². The van der Waals surface area contributed by atoms with Crippen molar-refractivity contribution in [1.82, 2.24) is 15.3 Å². The number of aromatic hydroxyl groups is 1. The number of esters is 1. The van der Waals surface area contributed by atoms with Gasteiger partial charge in [-0.15, -0.1) is 0 Å². The fraction of sp³-hybridized carbons (Fsp3) is 0.478. The second-order valence-corrected chi connectivity index (χ2v) is 8.20. The molecule has 2 aromatic rings. The molecule has 2 aromatic heterocycles. The number of rotatable bonds is 14. The molecule has 0 bridgehead atoms. The first-order chi connectivity index (χ1) is 15.1. The summed E-state index contributed by atoms with van der Waals surface area (Å²) in [4.78, 5) is 33.3. The van der Waals surface area contributed by atoms with E-state index < -0.39 is 17.9 Å². The average molecular weight is 446 g/mol. The molecule has 8 heteroatoms. The summed E-state index contributed by atoms with van der Waals surface area (Å²) in [5, 5.41) is 12.5. The van der Waals surface area contributed by atoms with E-state index in [2.05, 4.69) is 22.2 Å². The number of nitrogens with one attached hydrogen (secondary N) is 1. The molecule has 1 atom stereocenters. The average Bonchev–Trinajstić information content (AvgIpc) is 2.78. The SMILES string of the molecule is CCCCCCCCOC(=O)C(CSCc1ccccn1)NC(=O)c1ncccc1O. The normalized spacial score (nSPS) is 11.6. The van der Waals surface area contributed by atoms with Crippen molar-refractivity contribution >= 4 is 23.6 Å². The van der Waals surface area contributed by atoms with Gasteiger partial charge in [-0.2, -0.15) is 11.8 Å². The molecule has 0 saturated carbocycles. The summed E-state index contributed by atoms with van der Waals surface area (Å²) >= 11 is 1.48. The molecule has 0 fully saturated rings. The Morgan fingerprint density at radius 1 is 1.06 bits per heavy atom. The molecular formula is C23H31N3O4S. The van der Waals surface area contributed by atoms with Crippen LogP contribution < -0.4 is 5.32 Å².